The van der Waals surface area contributed by atoms with Crippen LogP contribution < -0.4 is 11.1 Å². The minimum atomic E-state index is -0.0275. The molecule has 0 saturated carbocycles. The zero-order chi connectivity index (χ0) is 11.7. The second kappa shape index (κ2) is 4.41. The number of piperidine rings is 1. The van der Waals surface area contributed by atoms with Gasteiger partial charge in [-0.2, -0.15) is 0 Å². The highest BCUT2D eigenvalue weighted by Gasteiger charge is 2.31. The van der Waals surface area contributed by atoms with Crippen molar-refractivity contribution in [3.63, 3.8) is 0 Å². The quantitative estimate of drug-likeness (QED) is 0.800. The third-order valence-corrected chi connectivity index (χ3v) is 3.95. The highest BCUT2D eigenvalue weighted by atomic mass is 15.2. The Morgan fingerprint density at radius 2 is 1.94 bits per heavy atom. The van der Waals surface area contributed by atoms with Crippen LogP contribution >= 0.6 is 0 Å². The summed E-state index contributed by atoms with van der Waals surface area (Å²) in [5.74, 6) is 0. The predicted octanol–water partition coefficient (Wildman–Crippen LogP) is 1.08. The van der Waals surface area contributed by atoms with E-state index in [-0.39, 0.29) is 5.54 Å². The number of hydrogen-bond donors (Lipinski definition) is 2. The summed E-state index contributed by atoms with van der Waals surface area (Å²) < 4.78 is 0. The molecule has 1 aromatic carbocycles. The van der Waals surface area contributed by atoms with Gasteiger partial charge in [0, 0.05) is 31.7 Å². The first-order valence-corrected chi connectivity index (χ1v) is 6.54. The van der Waals surface area contributed by atoms with E-state index in [0.29, 0.717) is 0 Å². The third-order valence-electron chi connectivity index (χ3n) is 3.95. The standard InChI is InChI=1S/C14H21N3/c15-14(6-3-7-16-10-14)11-17-8-12-4-1-2-5-13(12)9-17/h1-2,4-5,16H,3,6-11,15H2. The van der Waals surface area contributed by atoms with E-state index < -0.39 is 0 Å². The van der Waals surface area contributed by atoms with Crippen molar-refractivity contribution in [3.05, 3.63) is 35.4 Å². The number of rotatable bonds is 2. The summed E-state index contributed by atoms with van der Waals surface area (Å²) in [7, 11) is 0. The van der Waals surface area contributed by atoms with Gasteiger partial charge in [0.1, 0.15) is 0 Å². The number of benzene rings is 1. The Morgan fingerprint density at radius 1 is 1.24 bits per heavy atom. The Morgan fingerprint density at radius 3 is 2.53 bits per heavy atom. The molecule has 3 N–H and O–H groups in total. The van der Waals surface area contributed by atoms with Gasteiger partial charge in [-0.05, 0) is 30.5 Å². The summed E-state index contributed by atoms with van der Waals surface area (Å²) >= 11 is 0. The zero-order valence-corrected chi connectivity index (χ0v) is 10.3. The Kier molecular flexibility index (Phi) is 2.90. The molecule has 0 aromatic heterocycles. The highest BCUT2D eigenvalue weighted by molar-refractivity contribution is 5.30. The van der Waals surface area contributed by atoms with Gasteiger partial charge in [0.15, 0.2) is 0 Å². The number of nitrogens with two attached hydrogens (primary N) is 1. The van der Waals surface area contributed by atoms with Crippen molar-refractivity contribution < 1.29 is 0 Å². The maximum atomic E-state index is 6.47. The molecule has 0 spiro atoms. The molecular weight excluding hydrogens is 210 g/mol. The Balaban J connectivity index is 1.65. The van der Waals surface area contributed by atoms with Gasteiger partial charge in [-0.25, -0.2) is 0 Å². The zero-order valence-electron chi connectivity index (χ0n) is 10.3. The van der Waals surface area contributed by atoms with Gasteiger partial charge in [-0.3, -0.25) is 4.90 Å². The monoisotopic (exact) mass is 231 g/mol. The molecule has 2 aliphatic rings. The average Bonchev–Trinajstić information content (AvgIpc) is 2.71. The summed E-state index contributed by atoms with van der Waals surface area (Å²) in [6, 6.07) is 8.72. The number of hydrogen-bond acceptors (Lipinski definition) is 3. The average molecular weight is 231 g/mol. The lowest BCUT2D eigenvalue weighted by atomic mass is 9.91. The van der Waals surface area contributed by atoms with Crippen LogP contribution in [-0.2, 0) is 13.1 Å². The van der Waals surface area contributed by atoms with E-state index >= 15 is 0 Å². The molecule has 2 heterocycles. The largest absolute Gasteiger partial charge is 0.323 e. The fraction of sp³-hybridized carbons (Fsp3) is 0.571. The van der Waals surface area contributed by atoms with Crippen molar-refractivity contribution in [1.29, 1.82) is 0 Å². The van der Waals surface area contributed by atoms with E-state index in [1.807, 2.05) is 0 Å². The molecular formula is C14H21N3. The molecule has 92 valence electrons. The second-order valence-corrected chi connectivity index (χ2v) is 5.56. The maximum absolute atomic E-state index is 6.47. The van der Waals surface area contributed by atoms with Gasteiger partial charge in [0.25, 0.3) is 0 Å². The number of fused-ring (bicyclic) bond motifs is 1. The molecule has 3 heteroatoms. The Hall–Kier alpha value is -0.900. The molecule has 1 fully saturated rings. The highest BCUT2D eigenvalue weighted by Crippen LogP contribution is 2.25. The van der Waals surface area contributed by atoms with Gasteiger partial charge in [0.2, 0.25) is 0 Å². The first-order chi connectivity index (χ1) is 8.25. The fourth-order valence-corrected chi connectivity index (χ4v) is 3.09. The minimum absolute atomic E-state index is 0.0275. The molecule has 0 amide bonds. The lowest BCUT2D eigenvalue weighted by Gasteiger charge is -2.37. The van der Waals surface area contributed by atoms with Gasteiger partial charge < -0.3 is 11.1 Å². The predicted molar refractivity (Wildman–Crippen MR) is 69.6 cm³/mol. The normalized spacial score (nSPS) is 29.2. The van der Waals surface area contributed by atoms with Crippen LogP contribution in [0.15, 0.2) is 24.3 Å². The molecule has 2 aliphatic heterocycles. The van der Waals surface area contributed by atoms with Crippen LogP contribution in [-0.4, -0.2) is 30.1 Å². The SMILES string of the molecule is NC1(CN2Cc3ccccc3C2)CCCNC1. The minimum Gasteiger partial charge on any atom is -0.323 e. The van der Waals surface area contributed by atoms with Crippen LogP contribution in [0.4, 0.5) is 0 Å². The Labute approximate surface area is 103 Å². The molecule has 3 nitrogen and oxygen atoms in total. The molecule has 3 rings (SSSR count). The fourth-order valence-electron chi connectivity index (χ4n) is 3.09. The summed E-state index contributed by atoms with van der Waals surface area (Å²) in [4.78, 5) is 2.48. The van der Waals surface area contributed by atoms with E-state index in [0.717, 1.165) is 39.1 Å². The van der Waals surface area contributed by atoms with Crippen LogP contribution in [0, 0.1) is 0 Å². The van der Waals surface area contributed by atoms with E-state index in [1.54, 1.807) is 0 Å². The summed E-state index contributed by atoms with van der Waals surface area (Å²) in [6.07, 6.45) is 2.35. The van der Waals surface area contributed by atoms with Crippen LogP contribution in [0.3, 0.4) is 0 Å². The summed E-state index contributed by atoms with van der Waals surface area (Å²) in [5.41, 5.74) is 9.39. The van der Waals surface area contributed by atoms with Gasteiger partial charge in [-0.1, -0.05) is 24.3 Å². The molecule has 1 unspecified atom stereocenters. The van der Waals surface area contributed by atoms with E-state index in [4.69, 9.17) is 5.73 Å². The first kappa shape index (κ1) is 11.2. The van der Waals surface area contributed by atoms with Gasteiger partial charge in [-0.15, -0.1) is 0 Å². The van der Waals surface area contributed by atoms with Crippen LogP contribution in [0.2, 0.25) is 0 Å². The molecule has 17 heavy (non-hydrogen) atoms. The smallest absolute Gasteiger partial charge is 0.0410 e. The van der Waals surface area contributed by atoms with E-state index in [2.05, 4.69) is 34.5 Å². The Bertz CT molecular complexity index is 371. The molecule has 1 atom stereocenters. The topological polar surface area (TPSA) is 41.3 Å². The molecule has 0 radical (unpaired) electrons. The van der Waals surface area contributed by atoms with Crippen molar-refractivity contribution in [2.24, 2.45) is 5.73 Å². The van der Waals surface area contributed by atoms with Crippen molar-refractivity contribution in [3.8, 4) is 0 Å². The summed E-state index contributed by atoms with van der Waals surface area (Å²) in [5, 5.41) is 3.42. The van der Waals surface area contributed by atoms with E-state index in [1.165, 1.54) is 17.5 Å². The maximum Gasteiger partial charge on any atom is 0.0410 e. The molecule has 1 saturated heterocycles. The van der Waals surface area contributed by atoms with E-state index in [9.17, 15) is 0 Å². The number of nitrogens with one attached hydrogen (secondary N) is 1. The van der Waals surface area contributed by atoms with Crippen molar-refractivity contribution >= 4 is 0 Å². The molecule has 0 bridgehead atoms. The first-order valence-electron chi connectivity index (χ1n) is 6.54. The second-order valence-electron chi connectivity index (χ2n) is 5.56. The summed E-state index contributed by atoms with van der Waals surface area (Å²) in [6.45, 7) is 5.22. The van der Waals surface area contributed by atoms with Crippen molar-refractivity contribution in [2.45, 2.75) is 31.5 Å². The third kappa shape index (κ3) is 2.37. The number of nitrogens with zero attached hydrogens (tertiary/aromatic N) is 1. The van der Waals surface area contributed by atoms with Crippen LogP contribution in [0.25, 0.3) is 0 Å². The van der Waals surface area contributed by atoms with Gasteiger partial charge in [0.05, 0.1) is 0 Å². The van der Waals surface area contributed by atoms with Crippen LogP contribution in [0.1, 0.15) is 24.0 Å². The lowest BCUT2D eigenvalue weighted by molar-refractivity contribution is 0.182. The lowest BCUT2D eigenvalue weighted by Crippen LogP contribution is -2.58. The molecule has 0 aliphatic carbocycles. The van der Waals surface area contributed by atoms with Gasteiger partial charge >= 0.3 is 0 Å². The van der Waals surface area contributed by atoms with Crippen LogP contribution in [0.5, 0.6) is 0 Å². The van der Waals surface area contributed by atoms with Crippen molar-refractivity contribution in [2.75, 3.05) is 19.6 Å². The van der Waals surface area contributed by atoms with Crippen molar-refractivity contribution in [1.82, 2.24) is 10.2 Å². The molecule has 1 aromatic rings.